The van der Waals surface area contributed by atoms with Crippen molar-refractivity contribution in [3.8, 4) is 17.1 Å². The number of hydrogen-bond acceptors (Lipinski definition) is 4. The Hall–Kier alpha value is -2.10. The van der Waals surface area contributed by atoms with Crippen LogP contribution in [-0.4, -0.2) is 17.1 Å². The average molecular weight is 201 g/mol. The maximum atomic E-state index is 5.61. The largest absolute Gasteiger partial charge is 0.494 e. The maximum Gasteiger partial charge on any atom is 0.146 e. The van der Waals surface area contributed by atoms with Crippen LogP contribution in [0.1, 0.15) is 0 Å². The van der Waals surface area contributed by atoms with E-state index in [1.54, 1.807) is 19.4 Å². The number of anilines is 1. The SMILES string of the molecule is COc1cccnc1-c1cccc(N)n1. The van der Waals surface area contributed by atoms with Gasteiger partial charge in [-0.15, -0.1) is 0 Å². The van der Waals surface area contributed by atoms with Crippen LogP contribution in [0.4, 0.5) is 5.82 Å². The number of methoxy groups -OCH3 is 1. The third-order valence-electron chi connectivity index (χ3n) is 2.00. The first-order valence-corrected chi connectivity index (χ1v) is 4.53. The minimum absolute atomic E-state index is 0.472. The fourth-order valence-corrected chi connectivity index (χ4v) is 1.33. The van der Waals surface area contributed by atoms with Crippen LogP contribution in [0.25, 0.3) is 11.4 Å². The molecule has 0 saturated heterocycles. The van der Waals surface area contributed by atoms with Crippen molar-refractivity contribution in [2.24, 2.45) is 0 Å². The lowest BCUT2D eigenvalue weighted by atomic mass is 10.2. The third kappa shape index (κ3) is 1.88. The molecule has 2 rings (SSSR count). The number of rotatable bonds is 2. The summed E-state index contributed by atoms with van der Waals surface area (Å²) in [5, 5.41) is 0. The lowest BCUT2D eigenvalue weighted by Gasteiger charge is -2.06. The van der Waals surface area contributed by atoms with Crippen molar-refractivity contribution in [1.82, 2.24) is 9.97 Å². The molecule has 2 aromatic heterocycles. The summed E-state index contributed by atoms with van der Waals surface area (Å²) >= 11 is 0. The first-order valence-electron chi connectivity index (χ1n) is 4.53. The minimum Gasteiger partial charge on any atom is -0.494 e. The summed E-state index contributed by atoms with van der Waals surface area (Å²) in [6.45, 7) is 0. The standard InChI is InChI=1S/C11H11N3O/c1-15-9-5-3-7-13-11(9)8-4-2-6-10(12)14-8/h2-7H,1H3,(H2,12,14). The molecule has 0 fully saturated rings. The van der Waals surface area contributed by atoms with Gasteiger partial charge >= 0.3 is 0 Å². The van der Waals surface area contributed by atoms with Crippen LogP contribution in [0.5, 0.6) is 5.75 Å². The summed E-state index contributed by atoms with van der Waals surface area (Å²) in [6.07, 6.45) is 1.70. The molecule has 0 bridgehead atoms. The summed E-state index contributed by atoms with van der Waals surface area (Å²) in [5.41, 5.74) is 7.02. The predicted octanol–water partition coefficient (Wildman–Crippen LogP) is 1.73. The number of nitrogen functional groups attached to an aromatic ring is 1. The van der Waals surface area contributed by atoms with Crippen LogP contribution in [0.3, 0.4) is 0 Å². The molecule has 0 saturated carbocycles. The number of aromatic nitrogens is 2. The first kappa shape index (κ1) is 9.45. The normalized spacial score (nSPS) is 9.93. The second kappa shape index (κ2) is 3.96. The van der Waals surface area contributed by atoms with Crippen LogP contribution in [0.2, 0.25) is 0 Å². The second-order valence-corrected chi connectivity index (χ2v) is 3.00. The molecule has 0 aliphatic rings. The molecule has 4 heteroatoms. The van der Waals surface area contributed by atoms with Crippen molar-refractivity contribution < 1.29 is 4.74 Å². The van der Waals surface area contributed by atoms with E-state index in [-0.39, 0.29) is 0 Å². The van der Waals surface area contributed by atoms with Gasteiger partial charge in [0.1, 0.15) is 17.3 Å². The molecular weight excluding hydrogens is 190 g/mol. The van der Waals surface area contributed by atoms with E-state index in [2.05, 4.69) is 9.97 Å². The molecule has 0 spiro atoms. The van der Waals surface area contributed by atoms with Crippen molar-refractivity contribution in [1.29, 1.82) is 0 Å². The molecule has 0 amide bonds. The summed E-state index contributed by atoms with van der Waals surface area (Å²) in [7, 11) is 1.60. The molecule has 2 N–H and O–H groups in total. The van der Waals surface area contributed by atoms with E-state index in [1.807, 2.05) is 24.3 Å². The number of nitrogens with two attached hydrogens (primary N) is 1. The van der Waals surface area contributed by atoms with E-state index in [0.717, 1.165) is 0 Å². The Kier molecular flexibility index (Phi) is 2.49. The van der Waals surface area contributed by atoms with E-state index < -0.39 is 0 Å². The van der Waals surface area contributed by atoms with Gasteiger partial charge in [0.05, 0.1) is 12.8 Å². The average Bonchev–Trinajstić information content (AvgIpc) is 2.29. The summed E-state index contributed by atoms with van der Waals surface area (Å²) < 4.78 is 5.20. The Balaban J connectivity index is 2.53. The van der Waals surface area contributed by atoms with Gasteiger partial charge in [-0.25, -0.2) is 4.98 Å². The molecule has 2 heterocycles. The van der Waals surface area contributed by atoms with Gasteiger partial charge in [-0.3, -0.25) is 4.98 Å². The van der Waals surface area contributed by atoms with Crippen molar-refractivity contribution in [2.45, 2.75) is 0 Å². The van der Waals surface area contributed by atoms with Crippen molar-refractivity contribution in [3.63, 3.8) is 0 Å². The van der Waals surface area contributed by atoms with Crippen LogP contribution in [0, 0.1) is 0 Å². The highest BCUT2D eigenvalue weighted by atomic mass is 16.5. The van der Waals surface area contributed by atoms with Crippen molar-refractivity contribution in [2.75, 3.05) is 12.8 Å². The van der Waals surface area contributed by atoms with Gasteiger partial charge in [-0.05, 0) is 24.3 Å². The van der Waals surface area contributed by atoms with E-state index in [1.165, 1.54) is 0 Å². The third-order valence-corrected chi connectivity index (χ3v) is 2.00. The summed E-state index contributed by atoms with van der Waals surface area (Å²) in [4.78, 5) is 8.41. The quantitative estimate of drug-likeness (QED) is 0.803. The van der Waals surface area contributed by atoms with Crippen molar-refractivity contribution >= 4 is 5.82 Å². The molecule has 0 aromatic carbocycles. The Morgan fingerprint density at radius 3 is 2.80 bits per heavy atom. The zero-order valence-electron chi connectivity index (χ0n) is 8.34. The fourth-order valence-electron chi connectivity index (χ4n) is 1.33. The Morgan fingerprint density at radius 1 is 1.20 bits per heavy atom. The molecule has 0 radical (unpaired) electrons. The molecule has 4 nitrogen and oxygen atoms in total. The first-order chi connectivity index (χ1) is 7.31. The van der Waals surface area contributed by atoms with Gasteiger partial charge in [0.2, 0.25) is 0 Å². The van der Waals surface area contributed by atoms with Gasteiger partial charge in [0, 0.05) is 6.20 Å². The topological polar surface area (TPSA) is 61.0 Å². The zero-order chi connectivity index (χ0) is 10.7. The van der Waals surface area contributed by atoms with Gasteiger partial charge in [-0.2, -0.15) is 0 Å². The monoisotopic (exact) mass is 201 g/mol. The van der Waals surface area contributed by atoms with E-state index >= 15 is 0 Å². The molecule has 76 valence electrons. The highest BCUT2D eigenvalue weighted by Crippen LogP contribution is 2.25. The lowest BCUT2D eigenvalue weighted by molar-refractivity contribution is 0.414. The molecule has 0 aliphatic heterocycles. The molecule has 2 aromatic rings. The molecule has 15 heavy (non-hydrogen) atoms. The van der Waals surface area contributed by atoms with E-state index in [0.29, 0.717) is 23.0 Å². The Morgan fingerprint density at radius 2 is 2.07 bits per heavy atom. The lowest BCUT2D eigenvalue weighted by Crippen LogP contribution is -1.95. The van der Waals surface area contributed by atoms with Gasteiger partial charge in [-0.1, -0.05) is 6.07 Å². The second-order valence-electron chi connectivity index (χ2n) is 3.00. The van der Waals surface area contributed by atoms with Crippen LogP contribution >= 0.6 is 0 Å². The maximum absolute atomic E-state index is 5.61. The number of nitrogens with zero attached hydrogens (tertiary/aromatic N) is 2. The predicted molar refractivity (Wildman–Crippen MR) is 58.4 cm³/mol. The number of hydrogen-bond donors (Lipinski definition) is 1. The number of ether oxygens (including phenoxy) is 1. The summed E-state index contributed by atoms with van der Waals surface area (Å²) in [5.74, 6) is 1.16. The van der Waals surface area contributed by atoms with Crippen LogP contribution < -0.4 is 10.5 Å². The van der Waals surface area contributed by atoms with Crippen LogP contribution in [0.15, 0.2) is 36.5 Å². The molecule has 0 unspecified atom stereocenters. The van der Waals surface area contributed by atoms with Gasteiger partial charge < -0.3 is 10.5 Å². The zero-order valence-corrected chi connectivity index (χ0v) is 8.34. The Bertz CT molecular complexity index is 471. The van der Waals surface area contributed by atoms with Gasteiger partial charge in [0.15, 0.2) is 0 Å². The number of pyridine rings is 2. The highest BCUT2D eigenvalue weighted by molar-refractivity contribution is 5.63. The molecule has 0 atom stereocenters. The van der Waals surface area contributed by atoms with E-state index in [4.69, 9.17) is 10.5 Å². The van der Waals surface area contributed by atoms with Crippen LogP contribution in [-0.2, 0) is 0 Å². The minimum atomic E-state index is 0.472. The van der Waals surface area contributed by atoms with Gasteiger partial charge in [0.25, 0.3) is 0 Å². The fraction of sp³-hybridized carbons (Fsp3) is 0.0909. The molecule has 0 aliphatic carbocycles. The summed E-state index contributed by atoms with van der Waals surface area (Å²) in [6, 6.07) is 9.08. The van der Waals surface area contributed by atoms with Crippen molar-refractivity contribution in [3.05, 3.63) is 36.5 Å². The highest BCUT2D eigenvalue weighted by Gasteiger charge is 2.07. The Labute approximate surface area is 87.7 Å². The smallest absolute Gasteiger partial charge is 0.146 e. The molecular formula is C11H11N3O. The van der Waals surface area contributed by atoms with E-state index in [9.17, 15) is 0 Å².